The summed E-state index contributed by atoms with van der Waals surface area (Å²) in [5, 5.41) is 4.84. The summed E-state index contributed by atoms with van der Waals surface area (Å²) in [4.78, 5) is 26.8. The lowest BCUT2D eigenvalue weighted by Crippen LogP contribution is -2.46. The Morgan fingerprint density at radius 1 is 1.47 bits per heavy atom. The fourth-order valence-corrected chi connectivity index (χ4v) is 3.02. The fraction of sp³-hybridized carbons (Fsp3) is 0.571. The molecule has 1 saturated heterocycles. The van der Waals surface area contributed by atoms with Gasteiger partial charge in [-0.15, -0.1) is 11.3 Å². The second-order valence-electron chi connectivity index (χ2n) is 5.23. The summed E-state index contributed by atoms with van der Waals surface area (Å²) in [6, 6.07) is 3.87. The maximum absolute atomic E-state index is 12.3. The second-order valence-corrected chi connectivity index (χ2v) is 6.18. The number of carbonyl (C=O) groups is 2. The molecular weight excluding hydrogens is 260 g/mol. The van der Waals surface area contributed by atoms with Crippen LogP contribution in [0.1, 0.15) is 36.4 Å². The standard InChI is InChI=1S/C14H20N2O2S/c1-10(2)15-13(17)11-5-3-7-16(9-11)14(18)12-6-4-8-19-12/h4,6,8,10-11H,3,5,7,9H2,1-2H3,(H,15,17)/t11-/m0/s1. The summed E-state index contributed by atoms with van der Waals surface area (Å²) in [6.45, 7) is 5.20. The first-order chi connectivity index (χ1) is 9.08. The zero-order chi connectivity index (χ0) is 13.8. The van der Waals surface area contributed by atoms with E-state index in [1.807, 2.05) is 31.4 Å². The molecule has 0 radical (unpaired) electrons. The largest absolute Gasteiger partial charge is 0.354 e. The number of carbonyl (C=O) groups excluding carboxylic acids is 2. The van der Waals surface area contributed by atoms with E-state index in [0.29, 0.717) is 6.54 Å². The number of amides is 2. The monoisotopic (exact) mass is 280 g/mol. The van der Waals surface area contributed by atoms with Crippen LogP contribution in [-0.4, -0.2) is 35.8 Å². The zero-order valence-electron chi connectivity index (χ0n) is 11.4. The van der Waals surface area contributed by atoms with Crippen LogP contribution in [0.5, 0.6) is 0 Å². The minimum Gasteiger partial charge on any atom is -0.354 e. The maximum atomic E-state index is 12.3. The lowest BCUT2D eigenvalue weighted by molar-refractivity contribution is -0.126. The third-order valence-electron chi connectivity index (χ3n) is 3.24. The van der Waals surface area contributed by atoms with Crippen molar-refractivity contribution in [1.29, 1.82) is 0 Å². The third-order valence-corrected chi connectivity index (χ3v) is 4.10. The van der Waals surface area contributed by atoms with Crippen LogP contribution in [0.25, 0.3) is 0 Å². The molecule has 2 amide bonds. The molecule has 0 aliphatic carbocycles. The molecule has 19 heavy (non-hydrogen) atoms. The molecule has 104 valence electrons. The number of nitrogens with one attached hydrogen (secondary N) is 1. The summed E-state index contributed by atoms with van der Waals surface area (Å²) >= 11 is 1.45. The van der Waals surface area contributed by atoms with Crippen molar-refractivity contribution in [2.75, 3.05) is 13.1 Å². The summed E-state index contributed by atoms with van der Waals surface area (Å²) < 4.78 is 0. The van der Waals surface area contributed by atoms with Gasteiger partial charge in [0.05, 0.1) is 10.8 Å². The minimum atomic E-state index is -0.0694. The second kappa shape index (κ2) is 6.19. The molecule has 2 heterocycles. The van der Waals surface area contributed by atoms with Crippen LogP contribution in [0.15, 0.2) is 17.5 Å². The Hall–Kier alpha value is -1.36. The Bertz CT molecular complexity index is 442. The van der Waals surface area contributed by atoms with Gasteiger partial charge in [0.15, 0.2) is 0 Å². The molecule has 1 aromatic rings. The first-order valence-electron chi connectivity index (χ1n) is 6.71. The van der Waals surface area contributed by atoms with Gasteiger partial charge in [-0.2, -0.15) is 0 Å². The van der Waals surface area contributed by atoms with E-state index < -0.39 is 0 Å². The quantitative estimate of drug-likeness (QED) is 0.922. The van der Waals surface area contributed by atoms with Crippen LogP contribution in [0.3, 0.4) is 0 Å². The SMILES string of the molecule is CC(C)NC(=O)[C@H]1CCCN(C(=O)c2cccs2)C1. The van der Waals surface area contributed by atoms with Crippen molar-refractivity contribution in [2.24, 2.45) is 5.92 Å². The molecule has 0 unspecified atom stereocenters. The van der Waals surface area contributed by atoms with Crippen LogP contribution >= 0.6 is 11.3 Å². The van der Waals surface area contributed by atoms with Gasteiger partial charge < -0.3 is 10.2 Å². The number of hydrogen-bond donors (Lipinski definition) is 1. The van der Waals surface area contributed by atoms with E-state index in [1.54, 1.807) is 4.90 Å². The van der Waals surface area contributed by atoms with Crippen molar-refractivity contribution in [3.05, 3.63) is 22.4 Å². The first kappa shape index (κ1) is 14.1. The molecule has 1 aromatic heterocycles. The van der Waals surface area contributed by atoms with Gasteiger partial charge in [-0.3, -0.25) is 9.59 Å². The zero-order valence-corrected chi connectivity index (χ0v) is 12.2. The average Bonchev–Trinajstić information content (AvgIpc) is 2.91. The predicted molar refractivity (Wildman–Crippen MR) is 76.2 cm³/mol. The van der Waals surface area contributed by atoms with Crippen molar-refractivity contribution in [1.82, 2.24) is 10.2 Å². The molecule has 0 spiro atoms. The summed E-state index contributed by atoms with van der Waals surface area (Å²) in [5.74, 6) is 0.0517. The number of hydrogen-bond acceptors (Lipinski definition) is 3. The Morgan fingerprint density at radius 3 is 2.89 bits per heavy atom. The molecule has 1 atom stereocenters. The average molecular weight is 280 g/mol. The Kier molecular flexibility index (Phi) is 4.58. The minimum absolute atomic E-state index is 0.0528. The van der Waals surface area contributed by atoms with Crippen LogP contribution in [0.4, 0.5) is 0 Å². The molecule has 0 aromatic carbocycles. The van der Waals surface area contributed by atoms with Crippen molar-refractivity contribution >= 4 is 23.2 Å². The number of piperidine rings is 1. The van der Waals surface area contributed by atoms with E-state index in [2.05, 4.69) is 5.32 Å². The first-order valence-corrected chi connectivity index (χ1v) is 7.59. The van der Waals surface area contributed by atoms with Gasteiger partial charge in [-0.25, -0.2) is 0 Å². The molecule has 4 nitrogen and oxygen atoms in total. The summed E-state index contributed by atoms with van der Waals surface area (Å²) in [6.07, 6.45) is 1.76. The Balaban J connectivity index is 1.97. The summed E-state index contributed by atoms with van der Waals surface area (Å²) in [7, 11) is 0. The highest BCUT2D eigenvalue weighted by Gasteiger charge is 2.29. The molecule has 1 fully saturated rings. The number of rotatable bonds is 3. The van der Waals surface area contributed by atoms with Crippen LogP contribution in [0.2, 0.25) is 0 Å². The van der Waals surface area contributed by atoms with Crippen molar-refractivity contribution in [3.8, 4) is 0 Å². The van der Waals surface area contributed by atoms with Crippen molar-refractivity contribution in [3.63, 3.8) is 0 Å². The highest BCUT2D eigenvalue weighted by atomic mass is 32.1. The van der Waals surface area contributed by atoms with Crippen LogP contribution < -0.4 is 5.32 Å². The molecule has 2 rings (SSSR count). The highest BCUT2D eigenvalue weighted by molar-refractivity contribution is 7.12. The lowest BCUT2D eigenvalue weighted by Gasteiger charge is -2.32. The van der Waals surface area contributed by atoms with E-state index in [0.717, 1.165) is 24.3 Å². The summed E-state index contributed by atoms with van der Waals surface area (Å²) in [5.41, 5.74) is 0. The number of likely N-dealkylation sites (tertiary alicyclic amines) is 1. The molecular formula is C14H20N2O2S. The topological polar surface area (TPSA) is 49.4 Å². The van der Waals surface area contributed by atoms with Gasteiger partial charge in [0.2, 0.25) is 5.91 Å². The molecule has 0 saturated carbocycles. The van der Waals surface area contributed by atoms with Gasteiger partial charge in [0, 0.05) is 19.1 Å². The van der Waals surface area contributed by atoms with E-state index in [1.165, 1.54) is 11.3 Å². The van der Waals surface area contributed by atoms with Gasteiger partial charge in [0.1, 0.15) is 0 Å². The highest BCUT2D eigenvalue weighted by Crippen LogP contribution is 2.20. The fourth-order valence-electron chi connectivity index (χ4n) is 2.33. The van der Waals surface area contributed by atoms with Gasteiger partial charge in [0.25, 0.3) is 5.91 Å². The molecule has 1 aliphatic rings. The van der Waals surface area contributed by atoms with E-state index >= 15 is 0 Å². The predicted octanol–water partition coefficient (Wildman–Crippen LogP) is 2.12. The normalized spacial score (nSPS) is 19.5. The number of nitrogens with zero attached hydrogens (tertiary/aromatic N) is 1. The van der Waals surface area contributed by atoms with Gasteiger partial charge >= 0.3 is 0 Å². The van der Waals surface area contributed by atoms with Crippen LogP contribution in [0, 0.1) is 5.92 Å². The van der Waals surface area contributed by atoms with E-state index in [9.17, 15) is 9.59 Å². The molecule has 5 heteroatoms. The lowest BCUT2D eigenvalue weighted by atomic mass is 9.96. The smallest absolute Gasteiger partial charge is 0.263 e. The molecule has 0 bridgehead atoms. The van der Waals surface area contributed by atoms with Gasteiger partial charge in [-0.1, -0.05) is 6.07 Å². The Morgan fingerprint density at radius 2 is 2.26 bits per heavy atom. The molecule has 1 aliphatic heterocycles. The van der Waals surface area contributed by atoms with Gasteiger partial charge in [-0.05, 0) is 38.1 Å². The number of thiophene rings is 1. The van der Waals surface area contributed by atoms with Crippen LogP contribution in [-0.2, 0) is 4.79 Å². The molecule has 1 N–H and O–H groups in total. The third kappa shape index (κ3) is 3.56. The van der Waals surface area contributed by atoms with Crippen molar-refractivity contribution in [2.45, 2.75) is 32.7 Å². The van der Waals surface area contributed by atoms with Crippen molar-refractivity contribution < 1.29 is 9.59 Å². The van der Waals surface area contributed by atoms with E-state index in [4.69, 9.17) is 0 Å². The van der Waals surface area contributed by atoms with E-state index in [-0.39, 0.29) is 23.8 Å². The Labute approximate surface area is 117 Å². The maximum Gasteiger partial charge on any atom is 0.263 e.